The first-order valence-corrected chi connectivity index (χ1v) is 6.51. The van der Waals surface area contributed by atoms with Gasteiger partial charge in [-0.25, -0.2) is 4.98 Å². The van der Waals surface area contributed by atoms with Crippen LogP contribution in [0, 0.1) is 6.92 Å². The number of alkyl halides is 3. The van der Waals surface area contributed by atoms with Gasteiger partial charge in [0.05, 0.1) is 5.56 Å². The van der Waals surface area contributed by atoms with E-state index in [2.05, 4.69) is 20.5 Å². The van der Waals surface area contributed by atoms with Gasteiger partial charge in [-0.15, -0.1) is 10.2 Å². The van der Waals surface area contributed by atoms with E-state index in [9.17, 15) is 13.2 Å². The van der Waals surface area contributed by atoms with Gasteiger partial charge in [-0.1, -0.05) is 0 Å². The summed E-state index contributed by atoms with van der Waals surface area (Å²) in [6, 6.07) is 1.91. The standard InChI is InChI=1S/C11H11F3N4OS/c1-3-15-8-4-7(11(12,13)14)5-9(16-8)20-10-18-17-6(2)19-10/h4-5H,3H2,1-2H3,(H,15,16). The molecule has 108 valence electrons. The van der Waals surface area contributed by atoms with Crippen molar-refractivity contribution < 1.29 is 17.6 Å². The van der Waals surface area contributed by atoms with Gasteiger partial charge in [0.25, 0.3) is 5.22 Å². The lowest BCUT2D eigenvalue weighted by Gasteiger charge is -2.10. The third-order valence-corrected chi connectivity index (χ3v) is 2.94. The average molecular weight is 304 g/mol. The van der Waals surface area contributed by atoms with Crippen molar-refractivity contribution in [3.8, 4) is 0 Å². The second-order valence-corrected chi connectivity index (χ2v) is 4.77. The van der Waals surface area contributed by atoms with Crippen LogP contribution < -0.4 is 5.32 Å². The zero-order chi connectivity index (χ0) is 14.8. The Morgan fingerprint density at radius 2 is 2.05 bits per heavy atom. The molecule has 0 spiro atoms. The minimum atomic E-state index is -4.44. The summed E-state index contributed by atoms with van der Waals surface area (Å²) >= 11 is 0.887. The van der Waals surface area contributed by atoms with Crippen LogP contribution in [0.3, 0.4) is 0 Å². The van der Waals surface area contributed by atoms with Crippen LogP contribution in [0.4, 0.5) is 19.0 Å². The quantitative estimate of drug-likeness (QED) is 0.934. The predicted molar refractivity (Wildman–Crippen MR) is 66.6 cm³/mol. The second-order valence-electron chi connectivity index (χ2n) is 3.80. The average Bonchev–Trinajstić information content (AvgIpc) is 2.74. The van der Waals surface area contributed by atoms with E-state index in [0.29, 0.717) is 12.4 Å². The number of nitrogens with zero attached hydrogens (tertiary/aromatic N) is 3. The number of rotatable bonds is 4. The Kier molecular flexibility index (Phi) is 4.17. The zero-order valence-corrected chi connectivity index (χ0v) is 11.5. The molecule has 0 bridgehead atoms. The van der Waals surface area contributed by atoms with Crippen molar-refractivity contribution in [2.75, 3.05) is 11.9 Å². The molecule has 0 saturated carbocycles. The topological polar surface area (TPSA) is 63.8 Å². The van der Waals surface area contributed by atoms with Crippen LogP contribution in [-0.4, -0.2) is 21.7 Å². The molecule has 2 aromatic rings. The summed E-state index contributed by atoms with van der Waals surface area (Å²) in [4.78, 5) is 4.07. The maximum atomic E-state index is 12.8. The van der Waals surface area contributed by atoms with Gasteiger partial charge in [-0.05, 0) is 30.8 Å². The molecule has 0 saturated heterocycles. The minimum Gasteiger partial charge on any atom is -0.416 e. The summed E-state index contributed by atoms with van der Waals surface area (Å²) in [5.41, 5.74) is -0.776. The van der Waals surface area contributed by atoms with E-state index in [1.165, 1.54) is 0 Å². The number of aryl methyl sites for hydroxylation is 1. The van der Waals surface area contributed by atoms with Gasteiger partial charge in [0.15, 0.2) is 0 Å². The van der Waals surface area contributed by atoms with Gasteiger partial charge in [0.2, 0.25) is 5.89 Å². The highest BCUT2D eigenvalue weighted by Crippen LogP contribution is 2.34. The van der Waals surface area contributed by atoms with Gasteiger partial charge in [-0.3, -0.25) is 0 Å². The van der Waals surface area contributed by atoms with Crippen molar-refractivity contribution >= 4 is 17.6 Å². The molecule has 0 unspecified atom stereocenters. The summed E-state index contributed by atoms with van der Waals surface area (Å²) in [5.74, 6) is 0.493. The molecule has 5 nitrogen and oxygen atoms in total. The number of hydrogen-bond donors (Lipinski definition) is 1. The Labute approximate surface area is 117 Å². The van der Waals surface area contributed by atoms with Crippen LogP contribution in [0.25, 0.3) is 0 Å². The molecule has 0 radical (unpaired) electrons. The van der Waals surface area contributed by atoms with E-state index in [0.717, 1.165) is 23.9 Å². The number of nitrogens with one attached hydrogen (secondary N) is 1. The molecule has 1 N–H and O–H groups in total. The normalized spacial score (nSPS) is 11.7. The Bertz CT molecular complexity index is 600. The molecular formula is C11H11F3N4OS. The van der Waals surface area contributed by atoms with Gasteiger partial charge < -0.3 is 9.73 Å². The van der Waals surface area contributed by atoms with E-state index in [-0.39, 0.29) is 16.1 Å². The highest BCUT2D eigenvalue weighted by Gasteiger charge is 2.32. The Morgan fingerprint density at radius 3 is 2.60 bits per heavy atom. The maximum absolute atomic E-state index is 12.8. The number of pyridine rings is 1. The summed E-state index contributed by atoms with van der Waals surface area (Å²) in [5, 5.41) is 10.4. The van der Waals surface area contributed by atoms with E-state index < -0.39 is 11.7 Å². The lowest BCUT2D eigenvalue weighted by molar-refractivity contribution is -0.137. The van der Waals surface area contributed by atoms with Crippen LogP contribution in [-0.2, 0) is 6.18 Å². The van der Waals surface area contributed by atoms with Gasteiger partial charge in [0.1, 0.15) is 10.8 Å². The highest BCUT2D eigenvalue weighted by molar-refractivity contribution is 7.99. The molecule has 0 aliphatic rings. The first-order chi connectivity index (χ1) is 9.38. The first kappa shape index (κ1) is 14.6. The van der Waals surface area contributed by atoms with Crippen molar-refractivity contribution in [3.05, 3.63) is 23.6 Å². The first-order valence-electron chi connectivity index (χ1n) is 5.69. The van der Waals surface area contributed by atoms with Crippen LogP contribution in [0.15, 0.2) is 26.8 Å². The Balaban J connectivity index is 2.33. The van der Waals surface area contributed by atoms with Crippen LogP contribution in [0.1, 0.15) is 18.4 Å². The van der Waals surface area contributed by atoms with Crippen molar-refractivity contribution in [2.24, 2.45) is 0 Å². The number of aromatic nitrogens is 3. The number of anilines is 1. The SMILES string of the molecule is CCNc1cc(C(F)(F)F)cc(Sc2nnc(C)o2)n1. The second kappa shape index (κ2) is 5.70. The zero-order valence-electron chi connectivity index (χ0n) is 10.7. The molecule has 0 aliphatic heterocycles. The van der Waals surface area contributed by atoms with Crippen LogP contribution in [0.5, 0.6) is 0 Å². The van der Waals surface area contributed by atoms with Gasteiger partial charge >= 0.3 is 6.18 Å². The van der Waals surface area contributed by atoms with E-state index in [4.69, 9.17) is 4.42 Å². The largest absolute Gasteiger partial charge is 0.416 e. The molecule has 2 rings (SSSR count). The summed E-state index contributed by atoms with van der Waals surface area (Å²) in [6.07, 6.45) is -4.44. The monoisotopic (exact) mass is 304 g/mol. The summed E-state index contributed by atoms with van der Waals surface area (Å²) < 4.78 is 43.6. The van der Waals surface area contributed by atoms with Crippen LogP contribution in [0.2, 0.25) is 0 Å². The molecule has 0 aromatic carbocycles. The molecule has 0 amide bonds. The van der Waals surface area contributed by atoms with Crippen molar-refractivity contribution in [2.45, 2.75) is 30.3 Å². The molecule has 2 heterocycles. The molecule has 0 atom stereocenters. The molecule has 0 fully saturated rings. The van der Waals surface area contributed by atoms with E-state index in [1.807, 2.05) is 0 Å². The maximum Gasteiger partial charge on any atom is 0.416 e. The lowest BCUT2D eigenvalue weighted by atomic mass is 10.2. The predicted octanol–water partition coefficient (Wildman–Crippen LogP) is 3.37. The van der Waals surface area contributed by atoms with Crippen molar-refractivity contribution in [3.63, 3.8) is 0 Å². The molecule has 0 aliphatic carbocycles. The lowest BCUT2D eigenvalue weighted by Crippen LogP contribution is -2.08. The molecule has 9 heteroatoms. The van der Waals surface area contributed by atoms with Gasteiger partial charge in [-0.2, -0.15) is 13.2 Å². The van der Waals surface area contributed by atoms with E-state index >= 15 is 0 Å². The Hall–Kier alpha value is -1.77. The van der Waals surface area contributed by atoms with Crippen LogP contribution >= 0.6 is 11.8 Å². The fourth-order valence-electron chi connectivity index (χ4n) is 1.40. The highest BCUT2D eigenvalue weighted by atomic mass is 32.2. The van der Waals surface area contributed by atoms with Crippen molar-refractivity contribution in [1.29, 1.82) is 0 Å². The fraction of sp³-hybridized carbons (Fsp3) is 0.364. The van der Waals surface area contributed by atoms with E-state index in [1.54, 1.807) is 13.8 Å². The fourth-order valence-corrected chi connectivity index (χ4v) is 2.15. The summed E-state index contributed by atoms with van der Waals surface area (Å²) in [7, 11) is 0. The third-order valence-electron chi connectivity index (χ3n) is 2.19. The third kappa shape index (κ3) is 3.62. The number of hydrogen-bond acceptors (Lipinski definition) is 6. The smallest absolute Gasteiger partial charge is 0.416 e. The molecular weight excluding hydrogens is 293 g/mol. The van der Waals surface area contributed by atoms with Gasteiger partial charge in [0, 0.05) is 13.5 Å². The van der Waals surface area contributed by atoms with Crippen molar-refractivity contribution in [1.82, 2.24) is 15.2 Å². The molecule has 2 aromatic heterocycles. The Morgan fingerprint density at radius 1 is 1.30 bits per heavy atom. The number of halogens is 3. The minimum absolute atomic E-state index is 0.138. The molecule has 20 heavy (non-hydrogen) atoms. The summed E-state index contributed by atoms with van der Waals surface area (Å²) in [6.45, 7) is 3.84.